The van der Waals surface area contributed by atoms with E-state index in [1.807, 2.05) is 17.3 Å². The minimum Gasteiger partial charge on any atom is -0.365 e. The fourth-order valence-electron chi connectivity index (χ4n) is 4.99. The van der Waals surface area contributed by atoms with E-state index in [0.29, 0.717) is 30.5 Å². The lowest BCUT2D eigenvalue weighted by molar-refractivity contribution is -0.131. The van der Waals surface area contributed by atoms with Gasteiger partial charge in [0.25, 0.3) is 0 Å². The second-order valence-corrected chi connectivity index (χ2v) is 9.05. The maximum Gasteiger partial charge on any atom is 0.225 e. The first kappa shape index (κ1) is 20.4. The van der Waals surface area contributed by atoms with Gasteiger partial charge in [0.15, 0.2) is 0 Å². The Bertz CT molecular complexity index is 671. The Balaban J connectivity index is 1.34. The molecule has 1 aromatic heterocycles. The van der Waals surface area contributed by atoms with Gasteiger partial charge in [-0.05, 0) is 33.1 Å². The number of piperazine rings is 2. The number of hydrogen-bond donors (Lipinski definition) is 0. The summed E-state index contributed by atoms with van der Waals surface area (Å²) in [4.78, 5) is 31.1. The van der Waals surface area contributed by atoms with Crippen LogP contribution >= 0.6 is 0 Å². The van der Waals surface area contributed by atoms with Crippen LogP contribution in [0.2, 0.25) is 0 Å². The molecule has 4 rings (SSSR count). The molecule has 0 saturated carbocycles. The van der Waals surface area contributed by atoms with Crippen molar-refractivity contribution in [2.24, 2.45) is 0 Å². The van der Waals surface area contributed by atoms with E-state index in [4.69, 9.17) is 9.97 Å². The molecule has 2 bridgehead atoms. The van der Waals surface area contributed by atoms with E-state index in [1.54, 1.807) is 0 Å². The predicted molar refractivity (Wildman–Crippen MR) is 116 cm³/mol. The number of hydrogen-bond acceptors (Lipinski definition) is 6. The third-order valence-electron chi connectivity index (χ3n) is 6.84. The third kappa shape index (κ3) is 4.34. The summed E-state index contributed by atoms with van der Waals surface area (Å²) in [5.41, 5.74) is 1.07. The molecule has 0 aliphatic carbocycles. The van der Waals surface area contributed by atoms with Crippen LogP contribution in [0, 0.1) is 0 Å². The Morgan fingerprint density at radius 3 is 2.24 bits per heavy atom. The first-order chi connectivity index (χ1) is 14.1. The number of carbonyl (C=O) groups excluding carboxylic acids is 1. The standard InChI is InChI=1S/C22H36N6O/c1-4-5-6-21(29)26-11-9-25(10-12-26)20-13-23-22(24-14-20)28-18-7-8-19(28)16-27(15-18)17(2)3/h13-14,17-19H,4-12,15-16H2,1-3H3. The van der Waals surface area contributed by atoms with E-state index in [9.17, 15) is 4.79 Å². The van der Waals surface area contributed by atoms with Gasteiger partial charge in [0.05, 0.1) is 18.1 Å². The van der Waals surface area contributed by atoms with Crippen LogP contribution in [0.4, 0.5) is 11.6 Å². The highest BCUT2D eigenvalue weighted by Crippen LogP contribution is 2.34. The molecule has 0 spiro atoms. The highest BCUT2D eigenvalue weighted by Gasteiger charge is 2.41. The molecule has 7 heteroatoms. The molecule has 3 saturated heterocycles. The van der Waals surface area contributed by atoms with Crippen LogP contribution in [0.15, 0.2) is 12.4 Å². The van der Waals surface area contributed by atoms with Gasteiger partial charge in [-0.3, -0.25) is 9.69 Å². The van der Waals surface area contributed by atoms with Crippen molar-refractivity contribution in [2.75, 3.05) is 49.1 Å². The molecule has 3 aliphatic heterocycles. The smallest absolute Gasteiger partial charge is 0.225 e. The van der Waals surface area contributed by atoms with E-state index in [0.717, 1.165) is 63.7 Å². The average molecular weight is 401 g/mol. The predicted octanol–water partition coefficient (Wildman–Crippen LogP) is 2.38. The Morgan fingerprint density at radius 2 is 1.69 bits per heavy atom. The Kier molecular flexibility index (Phi) is 6.23. The fourth-order valence-corrected chi connectivity index (χ4v) is 4.99. The summed E-state index contributed by atoms with van der Waals surface area (Å²) >= 11 is 0. The van der Waals surface area contributed by atoms with Crippen molar-refractivity contribution in [3.8, 4) is 0 Å². The zero-order valence-corrected chi connectivity index (χ0v) is 18.3. The van der Waals surface area contributed by atoms with E-state index in [1.165, 1.54) is 12.8 Å². The maximum absolute atomic E-state index is 12.2. The number of anilines is 2. The topological polar surface area (TPSA) is 55.8 Å². The van der Waals surface area contributed by atoms with E-state index in [-0.39, 0.29) is 0 Å². The molecule has 160 valence electrons. The molecular weight excluding hydrogens is 364 g/mol. The van der Waals surface area contributed by atoms with Gasteiger partial charge in [-0.15, -0.1) is 0 Å². The minimum atomic E-state index is 0.300. The zero-order valence-electron chi connectivity index (χ0n) is 18.3. The monoisotopic (exact) mass is 400 g/mol. The van der Waals surface area contributed by atoms with Crippen LogP contribution in [0.5, 0.6) is 0 Å². The van der Waals surface area contributed by atoms with Crippen LogP contribution < -0.4 is 9.80 Å². The molecule has 3 aliphatic rings. The fraction of sp³-hybridized carbons (Fsp3) is 0.773. The lowest BCUT2D eigenvalue weighted by Crippen LogP contribution is -2.56. The van der Waals surface area contributed by atoms with E-state index >= 15 is 0 Å². The third-order valence-corrected chi connectivity index (χ3v) is 6.84. The number of carbonyl (C=O) groups is 1. The van der Waals surface area contributed by atoms with E-state index in [2.05, 4.69) is 35.5 Å². The molecule has 29 heavy (non-hydrogen) atoms. The van der Waals surface area contributed by atoms with Crippen LogP contribution in [-0.4, -0.2) is 83.1 Å². The molecule has 2 unspecified atom stereocenters. The average Bonchev–Trinajstić information content (AvgIpc) is 3.01. The van der Waals surface area contributed by atoms with Gasteiger partial charge in [0, 0.05) is 63.8 Å². The van der Waals surface area contributed by atoms with Crippen molar-refractivity contribution in [3.05, 3.63) is 12.4 Å². The van der Waals surface area contributed by atoms with Crippen molar-refractivity contribution in [1.29, 1.82) is 0 Å². The SMILES string of the molecule is CCCCC(=O)N1CCN(c2cnc(N3C4CCC3CN(C(C)C)C4)nc2)CC1. The van der Waals surface area contributed by atoms with Crippen molar-refractivity contribution in [3.63, 3.8) is 0 Å². The van der Waals surface area contributed by atoms with Gasteiger partial charge < -0.3 is 14.7 Å². The second-order valence-electron chi connectivity index (χ2n) is 9.05. The first-order valence-electron chi connectivity index (χ1n) is 11.4. The maximum atomic E-state index is 12.2. The minimum absolute atomic E-state index is 0.300. The number of unbranched alkanes of at least 4 members (excludes halogenated alkanes) is 1. The van der Waals surface area contributed by atoms with Gasteiger partial charge in [-0.2, -0.15) is 0 Å². The molecule has 4 heterocycles. The van der Waals surface area contributed by atoms with Gasteiger partial charge in [0.1, 0.15) is 0 Å². The van der Waals surface area contributed by atoms with Gasteiger partial charge in [-0.1, -0.05) is 13.3 Å². The lowest BCUT2D eigenvalue weighted by atomic mass is 10.1. The highest BCUT2D eigenvalue weighted by molar-refractivity contribution is 5.76. The van der Waals surface area contributed by atoms with Crippen LogP contribution in [0.1, 0.15) is 52.9 Å². The van der Waals surface area contributed by atoms with Crippen molar-refractivity contribution in [2.45, 2.75) is 71.0 Å². The Morgan fingerprint density at radius 1 is 1.07 bits per heavy atom. The summed E-state index contributed by atoms with van der Waals surface area (Å²) in [5.74, 6) is 1.19. The van der Waals surface area contributed by atoms with Crippen molar-refractivity contribution in [1.82, 2.24) is 19.8 Å². The number of nitrogens with zero attached hydrogens (tertiary/aromatic N) is 6. The normalized spacial score (nSPS) is 25.2. The van der Waals surface area contributed by atoms with Gasteiger partial charge in [-0.25, -0.2) is 9.97 Å². The number of fused-ring (bicyclic) bond motifs is 2. The molecule has 0 aromatic carbocycles. The molecule has 3 fully saturated rings. The van der Waals surface area contributed by atoms with Crippen LogP contribution in [0.25, 0.3) is 0 Å². The summed E-state index contributed by atoms with van der Waals surface area (Å²) in [6.07, 6.45) is 9.18. The van der Waals surface area contributed by atoms with Crippen molar-refractivity contribution < 1.29 is 4.79 Å². The molecule has 0 N–H and O–H groups in total. The Hall–Kier alpha value is -1.89. The summed E-state index contributed by atoms with van der Waals surface area (Å²) in [6.45, 7) is 12.3. The summed E-state index contributed by atoms with van der Waals surface area (Å²) in [5, 5.41) is 0. The number of aromatic nitrogens is 2. The lowest BCUT2D eigenvalue weighted by Gasteiger charge is -2.43. The first-order valence-corrected chi connectivity index (χ1v) is 11.4. The summed E-state index contributed by atoms with van der Waals surface area (Å²) < 4.78 is 0. The second kappa shape index (κ2) is 8.86. The number of rotatable bonds is 6. The molecule has 7 nitrogen and oxygen atoms in total. The highest BCUT2D eigenvalue weighted by atomic mass is 16.2. The van der Waals surface area contributed by atoms with Crippen molar-refractivity contribution >= 4 is 17.5 Å². The van der Waals surface area contributed by atoms with Crippen LogP contribution in [0.3, 0.4) is 0 Å². The molecule has 1 amide bonds. The molecule has 1 aromatic rings. The molecule has 0 radical (unpaired) electrons. The largest absolute Gasteiger partial charge is 0.365 e. The zero-order chi connectivity index (χ0) is 20.4. The number of amides is 1. The summed E-state index contributed by atoms with van der Waals surface area (Å²) in [6, 6.07) is 1.69. The number of likely N-dealkylation sites (tertiary alicyclic amines) is 1. The molecule has 2 atom stereocenters. The summed E-state index contributed by atoms with van der Waals surface area (Å²) in [7, 11) is 0. The Labute approximate surface area is 175 Å². The van der Waals surface area contributed by atoms with Gasteiger partial charge >= 0.3 is 0 Å². The van der Waals surface area contributed by atoms with Gasteiger partial charge in [0.2, 0.25) is 11.9 Å². The molecular formula is C22H36N6O. The quantitative estimate of drug-likeness (QED) is 0.731. The van der Waals surface area contributed by atoms with E-state index < -0.39 is 0 Å². The van der Waals surface area contributed by atoms with Crippen LogP contribution in [-0.2, 0) is 4.79 Å².